The number of hydrogen-bond donors (Lipinski definition) is 8. The van der Waals surface area contributed by atoms with Crippen molar-refractivity contribution >= 4 is 40.6 Å². The van der Waals surface area contributed by atoms with Crippen molar-refractivity contribution in [3.8, 4) is 0 Å². The number of aliphatic imine (C=N–C) groups is 1. The molecule has 13 heteroatoms. The zero-order chi connectivity index (χ0) is 30.7. The van der Waals surface area contributed by atoms with Crippen LogP contribution in [0.25, 0.3) is 10.9 Å². The van der Waals surface area contributed by atoms with E-state index in [4.69, 9.17) is 17.2 Å². The summed E-state index contributed by atoms with van der Waals surface area (Å²) in [6.45, 7) is 7.60. The van der Waals surface area contributed by atoms with Gasteiger partial charge in [-0.05, 0) is 42.7 Å². The Bertz CT molecular complexity index is 1220. The molecule has 41 heavy (non-hydrogen) atoms. The molecule has 2 aromatic rings. The Hall–Kier alpha value is -4.13. The maximum atomic E-state index is 13.3. The number of carboxylic acid groups (broad SMARTS) is 1. The van der Waals surface area contributed by atoms with Gasteiger partial charge in [0.15, 0.2) is 5.96 Å². The highest BCUT2D eigenvalue weighted by Crippen LogP contribution is 2.19. The zero-order valence-electron chi connectivity index (χ0n) is 24.1. The molecule has 4 unspecified atom stereocenters. The van der Waals surface area contributed by atoms with E-state index in [0.717, 1.165) is 16.5 Å². The first kappa shape index (κ1) is 33.1. The molecular formula is C28H44N8O5. The maximum absolute atomic E-state index is 13.3. The summed E-state index contributed by atoms with van der Waals surface area (Å²) in [6.07, 6.45) is 2.87. The molecule has 4 atom stereocenters. The van der Waals surface area contributed by atoms with E-state index >= 15 is 0 Å². The van der Waals surface area contributed by atoms with Gasteiger partial charge >= 0.3 is 5.97 Å². The summed E-state index contributed by atoms with van der Waals surface area (Å²) in [5.41, 5.74) is 18.2. The number of para-hydroxylation sites is 1. The summed E-state index contributed by atoms with van der Waals surface area (Å²) in [5, 5.41) is 18.7. The number of H-pyrrole nitrogens is 1. The van der Waals surface area contributed by atoms with Crippen molar-refractivity contribution in [2.24, 2.45) is 34.0 Å². The van der Waals surface area contributed by atoms with E-state index in [0.29, 0.717) is 25.8 Å². The largest absolute Gasteiger partial charge is 0.480 e. The van der Waals surface area contributed by atoms with Crippen LogP contribution in [0.4, 0.5) is 0 Å². The lowest BCUT2D eigenvalue weighted by Crippen LogP contribution is -2.58. The van der Waals surface area contributed by atoms with E-state index in [9.17, 15) is 24.3 Å². The number of aromatic amines is 1. The molecule has 2 rings (SSSR count). The van der Waals surface area contributed by atoms with Crippen molar-refractivity contribution in [3.05, 3.63) is 36.0 Å². The number of benzene rings is 1. The van der Waals surface area contributed by atoms with Crippen LogP contribution in [0.3, 0.4) is 0 Å². The predicted octanol–water partition coefficient (Wildman–Crippen LogP) is 0.332. The second-order valence-corrected chi connectivity index (χ2v) is 10.9. The van der Waals surface area contributed by atoms with Gasteiger partial charge in [-0.1, -0.05) is 45.9 Å². The van der Waals surface area contributed by atoms with Crippen LogP contribution in [0.5, 0.6) is 0 Å². The van der Waals surface area contributed by atoms with Gasteiger partial charge in [-0.25, -0.2) is 4.79 Å². The Morgan fingerprint density at radius 1 is 0.951 bits per heavy atom. The number of guanidine groups is 1. The second kappa shape index (κ2) is 15.6. The minimum absolute atomic E-state index is 0.0445. The first-order chi connectivity index (χ1) is 19.3. The van der Waals surface area contributed by atoms with Crippen molar-refractivity contribution in [1.82, 2.24) is 20.9 Å². The summed E-state index contributed by atoms with van der Waals surface area (Å²) in [6, 6.07) is 3.40. The summed E-state index contributed by atoms with van der Waals surface area (Å²) >= 11 is 0. The third-order valence-electron chi connectivity index (χ3n) is 6.60. The fourth-order valence-corrected chi connectivity index (χ4v) is 4.40. The first-order valence-corrected chi connectivity index (χ1v) is 13.8. The summed E-state index contributed by atoms with van der Waals surface area (Å²) in [4.78, 5) is 58.3. The van der Waals surface area contributed by atoms with Gasteiger partial charge in [-0.2, -0.15) is 0 Å². The van der Waals surface area contributed by atoms with Crippen LogP contribution in [0.2, 0.25) is 0 Å². The molecule has 11 N–H and O–H groups in total. The highest BCUT2D eigenvalue weighted by molar-refractivity contribution is 5.94. The number of carboxylic acids is 1. The fourth-order valence-electron chi connectivity index (χ4n) is 4.40. The van der Waals surface area contributed by atoms with Gasteiger partial charge in [0.2, 0.25) is 17.7 Å². The number of carbonyl (C=O) groups is 4. The lowest BCUT2D eigenvalue weighted by Gasteiger charge is -2.27. The quantitative estimate of drug-likeness (QED) is 0.0791. The van der Waals surface area contributed by atoms with Gasteiger partial charge < -0.3 is 43.2 Å². The first-order valence-electron chi connectivity index (χ1n) is 13.8. The van der Waals surface area contributed by atoms with E-state index in [1.165, 1.54) is 0 Å². The van der Waals surface area contributed by atoms with Crippen LogP contribution in [0, 0.1) is 11.8 Å². The van der Waals surface area contributed by atoms with Crippen molar-refractivity contribution in [2.75, 3.05) is 6.54 Å². The van der Waals surface area contributed by atoms with Gasteiger partial charge in [-0.15, -0.1) is 0 Å². The third kappa shape index (κ3) is 10.4. The molecule has 0 aliphatic heterocycles. The minimum Gasteiger partial charge on any atom is -0.480 e. The Morgan fingerprint density at radius 2 is 1.61 bits per heavy atom. The Labute approximate surface area is 240 Å². The molecule has 0 spiro atoms. The normalized spacial score (nSPS) is 14.2. The number of hydrogen-bond acceptors (Lipinski definition) is 6. The average Bonchev–Trinajstić information content (AvgIpc) is 3.30. The summed E-state index contributed by atoms with van der Waals surface area (Å²) in [7, 11) is 0. The van der Waals surface area contributed by atoms with Crippen molar-refractivity contribution in [1.29, 1.82) is 0 Å². The molecule has 1 aromatic heterocycles. The highest BCUT2D eigenvalue weighted by Gasteiger charge is 2.32. The lowest BCUT2D eigenvalue weighted by molar-refractivity contribution is -0.142. The Kier molecular flexibility index (Phi) is 12.6. The molecule has 0 bridgehead atoms. The third-order valence-corrected chi connectivity index (χ3v) is 6.60. The predicted molar refractivity (Wildman–Crippen MR) is 158 cm³/mol. The number of amides is 3. The highest BCUT2D eigenvalue weighted by atomic mass is 16.4. The number of aromatic nitrogens is 1. The van der Waals surface area contributed by atoms with Gasteiger partial charge in [0.25, 0.3) is 0 Å². The van der Waals surface area contributed by atoms with Crippen LogP contribution in [-0.2, 0) is 25.6 Å². The molecule has 0 radical (unpaired) electrons. The Balaban J connectivity index is 2.09. The number of nitrogens with zero attached hydrogens (tertiary/aromatic N) is 1. The van der Waals surface area contributed by atoms with Crippen molar-refractivity contribution < 1.29 is 24.3 Å². The standard InChI is InChI=1S/C28H44N8O5/c1-15(2)12-21(34-24(37)19(29)9-7-11-32-28(30)31)25(38)36-23(16(3)4)26(39)35-22(27(40)41)13-17-14-33-20-10-6-5-8-18(17)20/h5-6,8,10,14-16,19,21-23,33H,7,9,11-13,29H2,1-4H3,(H,34,37)(H,35,39)(H,36,38)(H,40,41)(H4,30,31,32). The molecule has 3 amide bonds. The fraction of sp³-hybridized carbons (Fsp3) is 0.536. The molecule has 1 heterocycles. The van der Waals surface area contributed by atoms with Crippen LogP contribution >= 0.6 is 0 Å². The second-order valence-electron chi connectivity index (χ2n) is 10.9. The van der Waals surface area contributed by atoms with Gasteiger partial charge in [0, 0.05) is 30.1 Å². The molecule has 0 aliphatic carbocycles. The molecule has 13 nitrogen and oxygen atoms in total. The molecule has 226 valence electrons. The number of fused-ring (bicyclic) bond motifs is 1. The monoisotopic (exact) mass is 572 g/mol. The summed E-state index contributed by atoms with van der Waals surface area (Å²) < 4.78 is 0. The van der Waals surface area contributed by atoms with Crippen LogP contribution in [0.1, 0.15) is 52.5 Å². The number of carbonyl (C=O) groups excluding carboxylic acids is 3. The molecule has 0 saturated carbocycles. The average molecular weight is 573 g/mol. The number of aliphatic carboxylic acids is 1. The van der Waals surface area contributed by atoms with E-state index in [2.05, 4.69) is 25.9 Å². The number of nitrogens with two attached hydrogens (primary N) is 3. The molecule has 0 fully saturated rings. The number of rotatable bonds is 16. The number of nitrogens with one attached hydrogen (secondary N) is 4. The van der Waals surface area contributed by atoms with E-state index in [1.807, 2.05) is 38.1 Å². The maximum Gasteiger partial charge on any atom is 0.326 e. The van der Waals surface area contributed by atoms with Crippen molar-refractivity contribution in [2.45, 2.75) is 77.5 Å². The molecule has 0 aliphatic rings. The van der Waals surface area contributed by atoms with E-state index in [1.54, 1.807) is 20.0 Å². The van der Waals surface area contributed by atoms with Gasteiger partial charge in [0.05, 0.1) is 6.04 Å². The van der Waals surface area contributed by atoms with Crippen LogP contribution < -0.4 is 33.2 Å². The Morgan fingerprint density at radius 3 is 2.22 bits per heavy atom. The topological polar surface area (TPSA) is 231 Å². The van der Waals surface area contributed by atoms with Crippen LogP contribution in [0.15, 0.2) is 35.5 Å². The van der Waals surface area contributed by atoms with E-state index < -0.39 is 47.9 Å². The zero-order valence-corrected chi connectivity index (χ0v) is 24.1. The van der Waals surface area contributed by atoms with Gasteiger partial charge in [-0.3, -0.25) is 19.4 Å². The lowest BCUT2D eigenvalue weighted by atomic mass is 9.98. The molecule has 0 saturated heterocycles. The molecular weight excluding hydrogens is 528 g/mol. The van der Waals surface area contributed by atoms with Crippen molar-refractivity contribution in [3.63, 3.8) is 0 Å². The SMILES string of the molecule is CC(C)CC(NC(=O)C(N)CCCN=C(N)N)C(=O)NC(C(=O)NC(Cc1c[nH]c2ccccc12)C(=O)O)C(C)C. The minimum atomic E-state index is -1.22. The summed E-state index contributed by atoms with van der Waals surface area (Å²) in [5.74, 6) is -3.27. The molecule has 1 aromatic carbocycles. The van der Waals surface area contributed by atoms with Crippen LogP contribution in [-0.4, -0.2) is 70.5 Å². The van der Waals surface area contributed by atoms with E-state index in [-0.39, 0.29) is 24.2 Å². The van der Waals surface area contributed by atoms with Gasteiger partial charge in [0.1, 0.15) is 18.1 Å². The smallest absolute Gasteiger partial charge is 0.326 e.